The van der Waals surface area contributed by atoms with Crippen LogP contribution in [0.3, 0.4) is 0 Å². The zero-order valence-corrected chi connectivity index (χ0v) is 15.5. The van der Waals surface area contributed by atoms with Crippen LogP contribution in [0.5, 0.6) is 0 Å². The van der Waals surface area contributed by atoms with E-state index in [0.717, 1.165) is 26.9 Å². The molecule has 3 nitrogen and oxygen atoms in total. The summed E-state index contributed by atoms with van der Waals surface area (Å²) in [6.45, 7) is 3.90. The van der Waals surface area contributed by atoms with Gasteiger partial charge in [0.1, 0.15) is 5.76 Å². The molecular weight excluding hydrogens is 390 g/mol. The SMILES string of the molecule is Cc1ccc(-c2ccc(C(=O)Nc3ccc(Br)c(C)c3)o2)cc1Cl. The molecule has 0 saturated carbocycles. The molecule has 1 N–H and O–H groups in total. The highest BCUT2D eigenvalue weighted by Gasteiger charge is 2.13. The van der Waals surface area contributed by atoms with Gasteiger partial charge in [-0.1, -0.05) is 39.7 Å². The predicted molar refractivity (Wildman–Crippen MR) is 101 cm³/mol. The molecule has 3 aromatic rings. The Morgan fingerprint density at radius 3 is 2.54 bits per heavy atom. The van der Waals surface area contributed by atoms with Crippen molar-refractivity contribution in [2.45, 2.75) is 13.8 Å². The number of amides is 1. The maximum atomic E-state index is 12.3. The summed E-state index contributed by atoms with van der Waals surface area (Å²) in [5.41, 5.74) is 3.60. The maximum absolute atomic E-state index is 12.3. The van der Waals surface area contributed by atoms with Crippen LogP contribution in [0.2, 0.25) is 5.02 Å². The number of nitrogens with one attached hydrogen (secondary N) is 1. The van der Waals surface area contributed by atoms with Crippen molar-refractivity contribution in [3.05, 3.63) is 74.9 Å². The van der Waals surface area contributed by atoms with E-state index in [1.807, 2.05) is 50.2 Å². The van der Waals surface area contributed by atoms with Crippen molar-refractivity contribution in [2.24, 2.45) is 0 Å². The number of hydrogen-bond acceptors (Lipinski definition) is 2. The number of aryl methyl sites for hydroxylation is 2. The fourth-order valence-electron chi connectivity index (χ4n) is 2.28. The van der Waals surface area contributed by atoms with Crippen LogP contribution in [0, 0.1) is 13.8 Å². The van der Waals surface area contributed by atoms with Crippen LogP contribution in [0.1, 0.15) is 21.7 Å². The molecule has 0 aliphatic rings. The maximum Gasteiger partial charge on any atom is 0.291 e. The number of rotatable bonds is 3. The molecule has 0 fully saturated rings. The van der Waals surface area contributed by atoms with Crippen LogP contribution in [0.25, 0.3) is 11.3 Å². The second-order valence-corrected chi connectivity index (χ2v) is 6.81. The molecule has 0 saturated heterocycles. The lowest BCUT2D eigenvalue weighted by Crippen LogP contribution is -2.10. The fourth-order valence-corrected chi connectivity index (χ4v) is 2.70. The third kappa shape index (κ3) is 3.55. The molecule has 24 heavy (non-hydrogen) atoms. The molecule has 0 unspecified atom stereocenters. The highest BCUT2D eigenvalue weighted by atomic mass is 79.9. The van der Waals surface area contributed by atoms with E-state index in [1.165, 1.54) is 0 Å². The highest BCUT2D eigenvalue weighted by molar-refractivity contribution is 9.10. The molecule has 1 aromatic heterocycles. The average Bonchev–Trinajstić information content (AvgIpc) is 3.04. The van der Waals surface area contributed by atoms with E-state index >= 15 is 0 Å². The molecule has 2 aromatic carbocycles. The second kappa shape index (κ2) is 6.83. The van der Waals surface area contributed by atoms with Gasteiger partial charge in [0.05, 0.1) is 0 Å². The van der Waals surface area contributed by atoms with Crippen molar-refractivity contribution >= 4 is 39.1 Å². The zero-order valence-electron chi connectivity index (χ0n) is 13.2. The third-order valence-electron chi connectivity index (χ3n) is 3.70. The molecule has 0 radical (unpaired) electrons. The first-order valence-corrected chi connectivity index (χ1v) is 8.55. The minimum atomic E-state index is -0.291. The number of furan rings is 1. The summed E-state index contributed by atoms with van der Waals surface area (Å²) in [5, 5.41) is 3.50. The van der Waals surface area contributed by atoms with Gasteiger partial charge in [0, 0.05) is 20.7 Å². The van der Waals surface area contributed by atoms with Crippen LogP contribution in [-0.4, -0.2) is 5.91 Å². The molecule has 0 spiro atoms. The van der Waals surface area contributed by atoms with Gasteiger partial charge in [-0.05, 0) is 61.4 Å². The van der Waals surface area contributed by atoms with E-state index in [0.29, 0.717) is 10.8 Å². The van der Waals surface area contributed by atoms with Crippen LogP contribution < -0.4 is 5.32 Å². The number of hydrogen-bond donors (Lipinski definition) is 1. The second-order valence-electron chi connectivity index (χ2n) is 5.55. The summed E-state index contributed by atoms with van der Waals surface area (Å²) >= 11 is 9.58. The lowest BCUT2D eigenvalue weighted by atomic mass is 10.1. The van der Waals surface area contributed by atoms with Crippen LogP contribution in [0.4, 0.5) is 5.69 Å². The van der Waals surface area contributed by atoms with Gasteiger partial charge in [-0.3, -0.25) is 4.79 Å². The summed E-state index contributed by atoms with van der Waals surface area (Å²) in [4.78, 5) is 12.3. The van der Waals surface area contributed by atoms with E-state index in [9.17, 15) is 4.79 Å². The summed E-state index contributed by atoms with van der Waals surface area (Å²) < 4.78 is 6.67. The van der Waals surface area contributed by atoms with E-state index in [2.05, 4.69) is 21.2 Å². The third-order valence-corrected chi connectivity index (χ3v) is 5.00. The number of benzene rings is 2. The molecule has 0 atom stereocenters. The zero-order chi connectivity index (χ0) is 17.3. The summed E-state index contributed by atoms with van der Waals surface area (Å²) in [5.74, 6) is 0.567. The topological polar surface area (TPSA) is 42.2 Å². The van der Waals surface area contributed by atoms with Crippen molar-refractivity contribution in [2.75, 3.05) is 5.32 Å². The minimum absolute atomic E-state index is 0.252. The van der Waals surface area contributed by atoms with Gasteiger partial charge >= 0.3 is 0 Å². The van der Waals surface area contributed by atoms with Crippen LogP contribution in [-0.2, 0) is 0 Å². The Morgan fingerprint density at radius 1 is 1.04 bits per heavy atom. The lowest BCUT2D eigenvalue weighted by molar-refractivity contribution is 0.0997. The van der Waals surface area contributed by atoms with Gasteiger partial charge in [-0.25, -0.2) is 0 Å². The van der Waals surface area contributed by atoms with E-state index in [4.69, 9.17) is 16.0 Å². The number of carbonyl (C=O) groups excluding carboxylic acids is 1. The fraction of sp³-hybridized carbons (Fsp3) is 0.105. The summed E-state index contributed by atoms with van der Waals surface area (Å²) in [6, 6.07) is 14.7. The van der Waals surface area contributed by atoms with Crippen molar-refractivity contribution in [1.82, 2.24) is 0 Å². The standard InChI is InChI=1S/C19H15BrClNO2/c1-11-3-4-13(10-16(11)21)17-7-8-18(24-17)19(23)22-14-5-6-15(20)12(2)9-14/h3-10H,1-2H3,(H,22,23). The Labute approximate surface area is 153 Å². The highest BCUT2D eigenvalue weighted by Crippen LogP contribution is 2.27. The van der Waals surface area contributed by atoms with E-state index < -0.39 is 0 Å². The number of carbonyl (C=O) groups is 1. The van der Waals surface area contributed by atoms with Crippen molar-refractivity contribution in [3.63, 3.8) is 0 Å². The summed E-state index contributed by atoms with van der Waals surface area (Å²) in [6.07, 6.45) is 0. The molecule has 0 bridgehead atoms. The van der Waals surface area contributed by atoms with Gasteiger partial charge < -0.3 is 9.73 Å². The van der Waals surface area contributed by atoms with Gasteiger partial charge in [0.15, 0.2) is 5.76 Å². The number of halogens is 2. The Hall–Kier alpha value is -2.04. The molecule has 5 heteroatoms. The smallest absolute Gasteiger partial charge is 0.291 e. The lowest BCUT2D eigenvalue weighted by Gasteiger charge is -2.05. The molecule has 0 aliphatic carbocycles. The van der Waals surface area contributed by atoms with Crippen molar-refractivity contribution in [3.8, 4) is 11.3 Å². The van der Waals surface area contributed by atoms with Gasteiger partial charge in [-0.15, -0.1) is 0 Å². The van der Waals surface area contributed by atoms with Crippen molar-refractivity contribution in [1.29, 1.82) is 0 Å². The molecule has 1 heterocycles. The quantitative estimate of drug-likeness (QED) is 0.562. The minimum Gasteiger partial charge on any atom is -0.451 e. The number of anilines is 1. The predicted octanol–water partition coefficient (Wildman–Crippen LogP) is 6.23. The molecule has 3 rings (SSSR count). The van der Waals surface area contributed by atoms with E-state index in [-0.39, 0.29) is 11.7 Å². The van der Waals surface area contributed by atoms with E-state index in [1.54, 1.807) is 12.1 Å². The Bertz CT molecular complexity index is 917. The monoisotopic (exact) mass is 403 g/mol. The normalized spacial score (nSPS) is 10.7. The van der Waals surface area contributed by atoms with Crippen LogP contribution in [0.15, 0.2) is 57.4 Å². The molecule has 0 aliphatic heterocycles. The van der Waals surface area contributed by atoms with Gasteiger partial charge in [0.2, 0.25) is 0 Å². The first-order valence-electron chi connectivity index (χ1n) is 7.38. The largest absolute Gasteiger partial charge is 0.451 e. The molecular formula is C19H15BrClNO2. The first kappa shape index (κ1) is 16.8. The average molecular weight is 405 g/mol. The molecule has 122 valence electrons. The Kier molecular flexibility index (Phi) is 4.78. The Morgan fingerprint density at radius 2 is 1.83 bits per heavy atom. The Balaban J connectivity index is 1.80. The molecule has 1 amide bonds. The van der Waals surface area contributed by atoms with Crippen molar-refractivity contribution < 1.29 is 9.21 Å². The summed E-state index contributed by atoms with van der Waals surface area (Å²) in [7, 11) is 0. The van der Waals surface area contributed by atoms with Gasteiger partial charge in [-0.2, -0.15) is 0 Å². The van der Waals surface area contributed by atoms with Gasteiger partial charge in [0.25, 0.3) is 5.91 Å². The first-order chi connectivity index (χ1) is 11.4. The van der Waals surface area contributed by atoms with Crippen LogP contribution >= 0.6 is 27.5 Å².